The molecular weight excluding hydrogens is 360 g/mol. The van der Waals surface area contributed by atoms with Crippen LogP contribution in [0.3, 0.4) is 0 Å². The van der Waals surface area contributed by atoms with E-state index in [1.54, 1.807) is 0 Å². The van der Waals surface area contributed by atoms with Gasteiger partial charge < -0.3 is 14.8 Å². The van der Waals surface area contributed by atoms with Gasteiger partial charge in [-0.25, -0.2) is 9.98 Å². The van der Waals surface area contributed by atoms with E-state index in [4.69, 9.17) is 4.99 Å². The summed E-state index contributed by atoms with van der Waals surface area (Å²) in [5, 5.41) is 0. The number of nitrogens with zero attached hydrogens (tertiary/aromatic N) is 5. The second-order valence-electron chi connectivity index (χ2n) is 7.76. The summed E-state index contributed by atoms with van der Waals surface area (Å²) in [5.41, 5.74) is 3.41. The van der Waals surface area contributed by atoms with Gasteiger partial charge in [-0.3, -0.25) is 4.90 Å². The molecule has 3 aliphatic rings. The smallest absolute Gasteiger partial charge is 0.145 e. The minimum Gasteiger partial charge on any atom is -0.365 e. The van der Waals surface area contributed by atoms with Gasteiger partial charge in [-0.1, -0.05) is 48.6 Å². The van der Waals surface area contributed by atoms with Crippen molar-refractivity contribution in [2.24, 2.45) is 4.99 Å². The molecule has 1 saturated heterocycles. The normalized spacial score (nSPS) is 21.8. The lowest BCUT2D eigenvalue weighted by Crippen LogP contribution is -2.47. The molecule has 0 amide bonds. The molecule has 5 rings (SSSR count). The summed E-state index contributed by atoms with van der Waals surface area (Å²) < 4.78 is 0. The number of allylic oxidation sites excluding steroid dienone is 2. The zero-order valence-electron chi connectivity index (χ0n) is 16.7. The van der Waals surface area contributed by atoms with Crippen LogP contribution in [0, 0.1) is 0 Å². The molecule has 1 aromatic heterocycles. The summed E-state index contributed by atoms with van der Waals surface area (Å²) in [7, 11) is 2.13. The van der Waals surface area contributed by atoms with Crippen molar-refractivity contribution in [1.29, 1.82) is 0 Å². The molecule has 0 radical (unpaired) electrons. The van der Waals surface area contributed by atoms with Gasteiger partial charge in [-0.2, -0.15) is 0 Å². The SMILES string of the molecule is CN1C=C(N2CCN(Cc3cnc(-c4ccccc4)[nH]3)CC2)N=C2C=CC=CC21. The summed E-state index contributed by atoms with van der Waals surface area (Å²) in [5.74, 6) is 2.01. The lowest BCUT2D eigenvalue weighted by atomic mass is 10.0. The average molecular weight is 387 g/mol. The van der Waals surface area contributed by atoms with Gasteiger partial charge in [0.2, 0.25) is 0 Å². The van der Waals surface area contributed by atoms with Crippen LogP contribution in [0.2, 0.25) is 0 Å². The fourth-order valence-corrected chi connectivity index (χ4v) is 4.10. The molecule has 1 aromatic carbocycles. The lowest BCUT2D eigenvalue weighted by Gasteiger charge is -2.39. The molecule has 2 aliphatic heterocycles. The number of benzene rings is 1. The maximum Gasteiger partial charge on any atom is 0.145 e. The van der Waals surface area contributed by atoms with E-state index < -0.39 is 0 Å². The maximum atomic E-state index is 4.91. The van der Waals surface area contributed by atoms with Gasteiger partial charge in [0.1, 0.15) is 11.6 Å². The summed E-state index contributed by atoms with van der Waals surface area (Å²) in [6.07, 6.45) is 12.6. The number of nitrogens with one attached hydrogen (secondary N) is 1. The highest BCUT2D eigenvalue weighted by atomic mass is 15.3. The van der Waals surface area contributed by atoms with Crippen molar-refractivity contribution in [3.05, 3.63) is 78.5 Å². The van der Waals surface area contributed by atoms with Gasteiger partial charge in [-0.15, -0.1) is 0 Å². The van der Waals surface area contributed by atoms with Crippen LogP contribution in [0.4, 0.5) is 0 Å². The first kappa shape index (κ1) is 17.9. The molecule has 148 valence electrons. The zero-order chi connectivity index (χ0) is 19.6. The Labute approximate surface area is 171 Å². The number of aromatic nitrogens is 2. The van der Waals surface area contributed by atoms with Gasteiger partial charge in [-0.05, 0) is 6.08 Å². The highest BCUT2D eigenvalue weighted by Gasteiger charge is 2.26. The largest absolute Gasteiger partial charge is 0.365 e. The van der Waals surface area contributed by atoms with Gasteiger partial charge >= 0.3 is 0 Å². The van der Waals surface area contributed by atoms with Crippen molar-refractivity contribution in [2.75, 3.05) is 33.2 Å². The van der Waals surface area contributed by atoms with E-state index in [2.05, 4.69) is 74.4 Å². The number of rotatable bonds is 4. The van der Waals surface area contributed by atoms with E-state index >= 15 is 0 Å². The fraction of sp³-hybridized carbons (Fsp3) is 0.304. The van der Waals surface area contributed by atoms with Gasteiger partial charge in [0.05, 0.1) is 11.8 Å². The Hall–Kier alpha value is -3.12. The van der Waals surface area contributed by atoms with Crippen LogP contribution in [-0.2, 0) is 6.54 Å². The molecule has 0 bridgehead atoms. The van der Waals surface area contributed by atoms with Crippen molar-refractivity contribution in [3.8, 4) is 11.4 Å². The molecule has 1 unspecified atom stereocenters. The number of aromatic amines is 1. The van der Waals surface area contributed by atoms with E-state index in [9.17, 15) is 0 Å². The number of H-pyrrole nitrogens is 1. The van der Waals surface area contributed by atoms with Crippen molar-refractivity contribution < 1.29 is 0 Å². The summed E-state index contributed by atoms with van der Waals surface area (Å²) in [6, 6.07) is 10.5. The first-order valence-electron chi connectivity index (χ1n) is 10.2. The van der Waals surface area contributed by atoms with E-state index in [1.165, 1.54) is 0 Å². The molecule has 1 aliphatic carbocycles. The number of piperazine rings is 1. The van der Waals surface area contributed by atoms with Crippen LogP contribution in [-0.4, -0.2) is 69.6 Å². The van der Waals surface area contributed by atoms with Crippen molar-refractivity contribution in [2.45, 2.75) is 12.6 Å². The zero-order valence-corrected chi connectivity index (χ0v) is 16.7. The molecule has 1 N–H and O–H groups in total. The van der Waals surface area contributed by atoms with Crippen LogP contribution < -0.4 is 0 Å². The second-order valence-corrected chi connectivity index (χ2v) is 7.76. The number of imidazole rings is 1. The van der Waals surface area contributed by atoms with E-state index in [0.29, 0.717) is 0 Å². The van der Waals surface area contributed by atoms with Crippen LogP contribution in [0.5, 0.6) is 0 Å². The summed E-state index contributed by atoms with van der Waals surface area (Å²) in [4.78, 5) is 20.1. The topological polar surface area (TPSA) is 50.8 Å². The van der Waals surface area contributed by atoms with Crippen LogP contribution in [0.15, 0.2) is 77.8 Å². The number of hydrogen-bond acceptors (Lipinski definition) is 5. The molecule has 6 heteroatoms. The number of hydrogen-bond donors (Lipinski definition) is 1. The first-order chi connectivity index (χ1) is 14.3. The Morgan fingerprint density at radius 3 is 2.72 bits per heavy atom. The Kier molecular flexibility index (Phi) is 4.77. The molecule has 0 spiro atoms. The predicted octanol–water partition coefficient (Wildman–Crippen LogP) is 2.87. The Morgan fingerprint density at radius 2 is 1.90 bits per heavy atom. The Bertz CT molecular complexity index is 976. The van der Waals surface area contributed by atoms with Crippen LogP contribution in [0.1, 0.15) is 5.69 Å². The Morgan fingerprint density at radius 1 is 1.07 bits per heavy atom. The minimum absolute atomic E-state index is 0.268. The predicted molar refractivity (Wildman–Crippen MR) is 116 cm³/mol. The van der Waals surface area contributed by atoms with Gasteiger partial charge in [0, 0.05) is 63.4 Å². The molecular formula is C23H26N6. The number of aliphatic imine (C=N–C) groups is 1. The maximum absolute atomic E-state index is 4.91. The Balaban J connectivity index is 1.19. The second kappa shape index (κ2) is 7.72. The quantitative estimate of drug-likeness (QED) is 0.878. The summed E-state index contributed by atoms with van der Waals surface area (Å²) in [6.45, 7) is 4.91. The van der Waals surface area contributed by atoms with Gasteiger partial charge in [0.15, 0.2) is 0 Å². The molecule has 0 saturated carbocycles. The number of fused-ring (bicyclic) bond motifs is 1. The third kappa shape index (κ3) is 3.76. The van der Waals surface area contributed by atoms with E-state index in [-0.39, 0.29) is 6.04 Å². The standard InChI is InChI=1S/C23H26N6/c1-27-17-22(26-20-9-5-6-10-21(20)27)29-13-11-28(12-14-29)16-19-15-24-23(25-19)18-7-3-2-4-8-18/h2-10,15,17,21H,11-14,16H2,1H3,(H,24,25). The monoisotopic (exact) mass is 386 g/mol. The molecule has 29 heavy (non-hydrogen) atoms. The molecule has 6 nitrogen and oxygen atoms in total. The van der Waals surface area contributed by atoms with Crippen LogP contribution in [0.25, 0.3) is 11.4 Å². The number of likely N-dealkylation sites (N-methyl/N-ethyl adjacent to an activating group) is 1. The molecule has 1 atom stereocenters. The summed E-state index contributed by atoms with van der Waals surface area (Å²) >= 11 is 0. The fourth-order valence-electron chi connectivity index (χ4n) is 4.10. The molecule has 2 aromatic rings. The third-order valence-electron chi connectivity index (χ3n) is 5.74. The van der Waals surface area contributed by atoms with Gasteiger partial charge in [0.25, 0.3) is 0 Å². The highest BCUT2D eigenvalue weighted by molar-refractivity contribution is 6.03. The minimum atomic E-state index is 0.268. The van der Waals surface area contributed by atoms with E-state index in [0.717, 1.165) is 61.3 Å². The molecule has 3 heterocycles. The highest BCUT2D eigenvalue weighted by Crippen LogP contribution is 2.22. The lowest BCUT2D eigenvalue weighted by molar-refractivity contribution is 0.148. The average Bonchev–Trinajstić information content (AvgIpc) is 3.23. The first-order valence-corrected chi connectivity index (χ1v) is 10.2. The third-order valence-corrected chi connectivity index (χ3v) is 5.74. The molecule has 1 fully saturated rings. The van der Waals surface area contributed by atoms with E-state index in [1.807, 2.05) is 24.4 Å². The van der Waals surface area contributed by atoms with Crippen LogP contribution >= 0.6 is 0 Å². The van der Waals surface area contributed by atoms with Crippen molar-refractivity contribution >= 4 is 5.71 Å². The van der Waals surface area contributed by atoms with Crippen molar-refractivity contribution in [1.82, 2.24) is 24.7 Å². The van der Waals surface area contributed by atoms with Crippen molar-refractivity contribution in [3.63, 3.8) is 0 Å².